The lowest BCUT2D eigenvalue weighted by atomic mass is 10.00. The maximum absolute atomic E-state index is 5.72. The van der Waals surface area contributed by atoms with Gasteiger partial charge in [-0.15, -0.1) is 0 Å². The van der Waals surface area contributed by atoms with Gasteiger partial charge < -0.3 is 14.1 Å². The van der Waals surface area contributed by atoms with Crippen LogP contribution in [0.4, 0.5) is 0 Å². The van der Waals surface area contributed by atoms with E-state index in [0.29, 0.717) is 12.5 Å². The van der Waals surface area contributed by atoms with Crippen LogP contribution in [0.1, 0.15) is 44.7 Å². The van der Waals surface area contributed by atoms with E-state index in [2.05, 4.69) is 9.80 Å². The van der Waals surface area contributed by atoms with Crippen LogP contribution >= 0.6 is 0 Å². The molecule has 0 N–H and O–H groups in total. The first-order valence-electron chi connectivity index (χ1n) is 10.5. The van der Waals surface area contributed by atoms with Crippen molar-refractivity contribution in [3.05, 3.63) is 36.2 Å². The van der Waals surface area contributed by atoms with Crippen LogP contribution in [0.3, 0.4) is 0 Å². The van der Waals surface area contributed by atoms with Crippen LogP contribution in [0.2, 0.25) is 0 Å². The second-order valence-corrected chi connectivity index (χ2v) is 7.71. The normalized spacial score (nSPS) is 20.0. The van der Waals surface area contributed by atoms with Gasteiger partial charge in [0.25, 0.3) is 0 Å². The molecular formula is C22H31N3O2. The summed E-state index contributed by atoms with van der Waals surface area (Å²) in [6, 6.07) is 8.73. The highest BCUT2D eigenvalue weighted by Crippen LogP contribution is 2.24. The smallest absolute Gasteiger partial charge is 0.226 e. The molecule has 4 rings (SSSR count). The number of hydrogen-bond acceptors (Lipinski definition) is 5. The van der Waals surface area contributed by atoms with Crippen molar-refractivity contribution in [1.82, 2.24) is 14.8 Å². The van der Waals surface area contributed by atoms with Gasteiger partial charge in [-0.1, -0.05) is 6.42 Å². The summed E-state index contributed by atoms with van der Waals surface area (Å²) < 4.78 is 11.2. The number of nitrogens with zero attached hydrogens (tertiary/aromatic N) is 3. The van der Waals surface area contributed by atoms with Crippen LogP contribution in [-0.4, -0.2) is 53.6 Å². The average molecular weight is 370 g/mol. The maximum Gasteiger partial charge on any atom is 0.226 e. The number of oxazole rings is 1. The third-order valence-corrected chi connectivity index (χ3v) is 5.81. The highest BCUT2D eigenvalue weighted by atomic mass is 16.5. The lowest BCUT2D eigenvalue weighted by Gasteiger charge is -2.40. The fraction of sp³-hybridized carbons (Fsp3) is 0.591. The Hall–Kier alpha value is -1.85. The second kappa shape index (κ2) is 8.89. The number of rotatable bonds is 6. The van der Waals surface area contributed by atoms with Crippen molar-refractivity contribution in [3.8, 4) is 17.2 Å². The molecule has 2 aliphatic heterocycles. The van der Waals surface area contributed by atoms with Crippen LogP contribution < -0.4 is 4.74 Å². The van der Waals surface area contributed by atoms with Crippen molar-refractivity contribution in [1.29, 1.82) is 0 Å². The summed E-state index contributed by atoms with van der Waals surface area (Å²) in [5.41, 5.74) is 2.02. The SMILES string of the molecule is CCOc1ccc(-c2nc(CN3CCC(N4CCCCC4)CC3)co2)cc1. The monoisotopic (exact) mass is 369 g/mol. The Labute approximate surface area is 162 Å². The third kappa shape index (κ3) is 4.71. The zero-order valence-electron chi connectivity index (χ0n) is 16.4. The summed E-state index contributed by atoms with van der Waals surface area (Å²) >= 11 is 0. The van der Waals surface area contributed by atoms with Gasteiger partial charge in [0.15, 0.2) is 0 Å². The quantitative estimate of drug-likeness (QED) is 0.764. The van der Waals surface area contributed by atoms with Gasteiger partial charge in [-0.3, -0.25) is 4.90 Å². The second-order valence-electron chi connectivity index (χ2n) is 7.71. The molecule has 1 aromatic carbocycles. The molecule has 0 saturated carbocycles. The van der Waals surface area contributed by atoms with E-state index in [0.717, 1.165) is 42.7 Å². The Morgan fingerprint density at radius 3 is 2.48 bits per heavy atom. The molecule has 5 heteroatoms. The van der Waals surface area contributed by atoms with E-state index in [1.54, 1.807) is 0 Å². The molecule has 0 atom stereocenters. The van der Waals surface area contributed by atoms with Crippen LogP contribution in [0.15, 0.2) is 34.9 Å². The fourth-order valence-corrected chi connectivity index (χ4v) is 4.33. The summed E-state index contributed by atoms with van der Waals surface area (Å²) in [5.74, 6) is 1.57. The minimum atomic E-state index is 0.678. The van der Waals surface area contributed by atoms with Crippen molar-refractivity contribution in [2.75, 3.05) is 32.8 Å². The number of aromatic nitrogens is 1. The van der Waals surface area contributed by atoms with Crippen LogP contribution in [0.25, 0.3) is 11.5 Å². The Kier molecular flexibility index (Phi) is 6.10. The lowest BCUT2D eigenvalue weighted by Crippen LogP contribution is -2.46. The minimum absolute atomic E-state index is 0.678. The zero-order chi connectivity index (χ0) is 18.5. The summed E-state index contributed by atoms with van der Waals surface area (Å²) in [6.45, 7) is 8.48. The molecule has 0 amide bonds. The molecule has 2 aliphatic rings. The Morgan fingerprint density at radius 2 is 1.78 bits per heavy atom. The predicted octanol–water partition coefficient (Wildman–Crippen LogP) is 4.19. The molecule has 146 valence electrons. The van der Waals surface area contributed by atoms with Gasteiger partial charge in [0.1, 0.15) is 12.0 Å². The highest BCUT2D eigenvalue weighted by molar-refractivity contribution is 5.54. The van der Waals surface area contributed by atoms with E-state index in [1.165, 1.54) is 45.2 Å². The van der Waals surface area contributed by atoms with Gasteiger partial charge in [-0.05, 0) is 70.0 Å². The molecule has 5 nitrogen and oxygen atoms in total. The van der Waals surface area contributed by atoms with E-state index in [1.807, 2.05) is 37.5 Å². The molecule has 0 spiro atoms. The maximum atomic E-state index is 5.72. The van der Waals surface area contributed by atoms with Crippen LogP contribution in [0.5, 0.6) is 5.75 Å². The molecule has 0 aliphatic carbocycles. The molecule has 0 radical (unpaired) electrons. The van der Waals surface area contributed by atoms with Crippen LogP contribution in [0, 0.1) is 0 Å². The van der Waals surface area contributed by atoms with E-state index >= 15 is 0 Å². The minimum Gasteiger partial charge on any atom is -0.494 e. The van der Waals surface area contributed by atoms with Crippen molar-refractivity contribution >= 4 is 0 Å². The molecule has 0 unspecified atom stereocenters. The van der Waals surface area contributed by atoms with Gasteiger partial charge in [-0.2, -0.15) is 0 Å². The lowest BCUT2D eigenvalue weighted by molar-refractivity contribution is 0.0891. The van der Waals surface area contributed by atoms with Crippen LogP contribution in [-0.2, 0) is 6.54 Å². The molecule has 2 saturated heterocycles. The topological polar surface area (TPSA) is 41.7 Å². The first kappa shape index (κ1) is 18.5. The predicted molar refractivity (Wildman–Crippen MR) is 107 cm³/mol. The Balaban J connectivity index is 1.29. The Bertz CT molecular complexity index is 699. The van der Waals surface area contributed by atoms with Crippen molar-refractivity contribution in [2.24, 2.45) is 0 Å². The molecule has 3 heterocycles. The molecule has 27 heavy (non-hydrogen) atoms. The third-order valence-electron chi connectivity index (χ3n) is 5.81. The van der Waals surface area contributed by atoms with E-state index in [4.69, 9.17) is 14.1 Å². The van der Waals surface area contributed by atoms with Gasteiger partial charge in [0.2, 0.25) is 5.89 Å². The number of hydrogen-bond donors (Lipinski definition) is 0. The molecule has 2 fully saturated rings. The number of likely N-dealkylation sites (tertiary alicyclic amines) is 2. The summed E-state index contributed by atoms with van der Waals surface area (Å²) in [6.07, 6.45) is 8.55. The molecular weight excluding hydrogens is 338 g/mol. The standard InChI is InChI=1S/C22H31N3O2/c1-2-26-21-8-6-18(7-9-21)22-23-19(17-27-22)16-24-14-10-20(11-15-24)25-12-4-3-5-13-25/h6-9,17,20H,2-5,10-16H2,1H3. The molecule has 2 aromatic rings. The summed E-state index contributed by atoms with van der Waals surface area (Å²) in [5, 5.41) is 0. The van der Waals surface area contributed by atoms with Gasteiger partial charge in [-0.25, -0.2) is 4.98 Å². The largest absolute Gasteiger partial charge is 0.494 e. The first-order chi connectivity index (χ1) is 13.3. The van der Waals surface area contributed by atoms with E-state index < -0.39 is 0 Å². The highest BCUT2D eigenvalue weighted by Gasteiger charge is 2.25. The number of ether oxygens (including phenoxy) is 1. The van der Waals surface area contributed by atoms with Crippen molar-refractivity contribution < 1.29 is 9.15 Å². The van der Waals surface area contributed by atoms with E-state index in [-0.39, 0.29) is 0 Å². The van der Waals surface area contributed by atoms with E-state index in [9.17, 15) is 0 Å². The number of benzene rings is 1. The molecule has 1 aromatic heterocycles. The fourth-order valence-electron chi connectivity index (χ4n) is 4.33. The average Bonchev–Trinajstić information content (AvgIpc) is 3.18. The van der Waals surface area contributed by atoms with Crippen molar-refractivity contribution in [2.45, 2.75) is 51.6 Å². The zero-order valence-corrected chi connectivity index (χ0v) is 16.4. The van der Waals surface area contributed by atoms with Gasteiger partial charge in [0, 0.05) is 31.2 Å². The number of piperidine rings is 2. The van der Waals surface area contributed by atoms with Crippen molar-refractivity contribution in [3.63, 3.8) is 0 Å². The summed E-state index contributed by atoms with van der Waals surface area (Å²) in [4.78, 5) is 9.94. The summed E-state index contributed by atoms with van der Waals surface area (Å²) in [7, 11) is 0. The van der Waals surface area contributed by atoms with Gasteiger partial charge >= 0.3 is 0 Å². The first-order valence-corrected chi connectivity index (χ1v) is 10.5. The van der Waals surface area contributed by atoms with Gasteiger partial charge in [0.05, 0.1) is 12.3 Å². The molecule has 0 bridgehead atoms. The Morgan fingerprint density at radius 1 is 1.04 bits per heavy atom.